The summed E-state index contributed by atoms with van der Waals surface area (Å²) < 4.78 is 37.9. The summed E-state index contributed by atoms with van der Waals surface area (Å²) in [6.45, 7) is 3.26. The number of hydrogen-bond donors (Lipinski definition) is 0. The number of rotatable bonds is 1. The van der Waals surface area contributed by atoms with Crippen LogP contribution in [0.2, 0.25) is 0 Å². The van der Waals surface area contributed by atoms with Crippen LogP contribution < -0.4 is 0 Å². The summed E-state index contributed by atoms with van der Waals surface area (Å²) in [4.78, 5) is 3.92. The minimum Gasteiger partial charge on any atom is -0.245 e. The van der Waals surface area contributed by atoms with Crippen LogP contribution in [0.15, 0.2) is 30.5 Å². The number of aryl methyl sites for hydroxylation is 2. The van der Waals surface area contributed by atoms with Gasteiger partial charge >= 0.3 is 6.30 Å². The first-order chi connectivity index (χ1) is 7.88. The van der Waals surface area contributed by atoms with E-state index in [0.717, 1.165) is 11.8 Å². The van der Waals surface area contributed by atoms with Crippen molar-refractivity contribution in [1.82, 2.24) is 9.55 Å². The summed E-state index contributed by atoms with van der Waals surface area (Å²) >= 11 is 0. The first kappa shape index (κ1) is 11.7. The average Bonchev–Trinajstić information content (AvgIpc) is 2.61. The Hall–Kier alpha value is -1.78. The molecule has 0 N–H and O–H groups in total. The fourth-order valence-corrected chi connectivity index (χ4v) is 1.59. The van der Waals surface area contributed by atoms with Gasteiger partial charge in [-0.2, -0.15) is 0 Å². The molecular weight excluding hydrogens is 229 g/mol. The fourth-order valence-electron chi connectivity index (χ4n) is 1.59. The Morgan fingerprint density at radius 1 is 1.06 bits per heavy atom. The number of halogens is 3. The molecule has 0 saturated heterocycles. The molecule has 0 spiro atoms. The Labute approximate surface area is 96.7 Å². The quantitative estimate of drug-likeness (QED) is 0.744. The lowest BCUT2D eigenvalue weighted by atomic mass is 10.1. The highest BCUT2D eigenvalue weighted by Gasteiger charge is 2.32. The molecule has 90 valence electrons. The van der Waals surface area contributed by atoms with Crippen LogP contribution in [0, 0.1) is 13.8 Å². The monoisotopic (exact) mass is 240 g/mol. The van der Waals surface area contributed by atoms with Gasteiger partial charge in [0, 0.05) is 11.8 Å². The molecular formula is C12H11F3N2. The molecule has 0 fully saturated rings. The molecule has 1 aromatic carbocycles. The normalized spacial score (nSPS) is 11.8. The number of alkyl halides is 3. The maximum Gasteiger partial charge on any atom is 0.489 e. The number of hydrogen-bond acceptors (Lipinski definition) is 1. The molecule has 17 heavy (non-hydrogen) atoms. The Balaban J connectivity index is 2.45. The molecule has 0 aliphatic heterocycles. The van der Waals surface area contributed by atoms with Crippen LogP contribution in [-0.2, 0) is 6.30 Å². The average molecular weight is 240 g/mol. The minimum absolute atomic E-state index is 0.0620. The second-order valence-corrected chi connectivity index (χ2v) is 3.88. The Morgan fingerprint density at radius 2 is 1.65 bits per heavy atom. The van der Waals surface area contributed by atoms with E-state index in [1.807, 2.05) is 19.1 Å². The largest absolute Gasteiger partial charge is 0.489 e. The maximum absolute atomic E-state index is 12.6. The lowest BCUT2D eigenvalue weighted by Gasteiger charge is -2.07. The van der Waals surface area contributed by atoms with E-state index in [1.54, 1.807) is 12.1 Å². The molecule has 0 atom stereocenters. The van der Waals surface area contributed by atoms with Gasteiger partial charge in [-0.3, -0.25) is 0 Å². The molecule has 1 heterocycles. The highest BCUT2D eigenvalue weighted by molar-refractivity contribution is 5.59. The van der Waals surface area contributed by atoms with Gasteiger partial charge in [0.05, 0.1) is 5.69 Å². The molecule has 0 amide bonds. The molecule has 2 rings (SSSR count). The molecule has 2 aromatic rings. The van der Waals surface area contributed by atoms with Crippen molar-refractivity contribution in [3.05, 3.63) is 41.9 Å². The van der Waals surface area contributed by atoms with Crippen molar-refractivity contribution >= 4 is 0 Å². The Kier molecular flexibility index (Phi) is 2.69. The highest BCUT2D eigenvalue weighted by atomic mass is 19.4. The van der Waals surface area contributed by atoms with Gasteiger partial charge in [0.15, 0.2) is 0 Å². The van der Waals surface area contributed by atoms with Crippen molar-refractivity contribution in [3.8, 4) is 11.3 Å². The van der Waals surface area contributed by atoms with E-state index in [2.05, 4.69) is 4.98 Å². The van der Waals surface area contributed by atoms with Crippen LogP contribution >= 0.6 is 0 Å². The smallest absolute Gasteiger partial charge is 0.245 e. The molecule has 0 bridgehead atoms. The van der Waals surface area contributed by atoms with Crippen molar-refractivity contribution in [2.24, 2.45) is 0 Å². The van der Waals surface area contributed by atoms with Crippen molar-refractivity contribution < 1.29 is 13.2 Å². The molecule has 2 nitrogen and oxygen atoms in total. The third-order valence-corrected chi connectivity index (χ3v) is 2.50. The van der Waals surface area contributed by atoms with Crippen LogP contribution in [0.3, 0.4) is 0 Å². The Morgan fingerprint density at radius 3 is 2.12 bits per heavy atom. The second kappa shape index (κ2) is 3.91. The van der Waals surface area contributed by atoms with Crippen LogP contribution in [0.5, 0.6) is 0 Å². The predicted octanol–water partition coefficient (Wildman–Crippen LogP) is 3.64. The first-order valence-electron chi connectivity index (χ1n) is 5.08. The van der Waals surface area contributed by atoms with Gasteiger partial charge in [0.25, 0.3) is 0 Å². The van der Waals surface area contributed by atoms with E-state index in [-0.39, 0.29) is 10.4 Å². The van der Waals surface area contributed by atoms with Crippen molar-refractivity contribution in [2.45, 2.75) is 20.1 Å². The highest BCUT2D eigenvalue weighted by Crippen LogP contribution is 2.27. The summed E-state index contributed by atoms with van der Waals surface area (Å²) in [6.07, 6.45) is -3.40. The summed E-state index contributed by atoms with van der Waals surface area (Å²) in [5, 5.41) is 0. The number of imidazole rings is 1. The van der Waals surface area contributed by atoms with Gasteiger partial charge in [-0.25, -0.2) is 9.55 Å². The van der Waals surface area contributed by atoms with Crippen LogP contribution in [0.4, 0.5) is 13.2 Å². The molecule has 0 saturated carbocycles. The number of benzene rings is 1. The summed E-state index contributed by atoms with van der Waals surface area (Å²) in [5.74, 6) is -0.0620. The van der Waals surface area contributed by atoms with Gasteiger partial charge < -0.3 is 0 Å². The van der Waals surface area contributed by atoms with E-state index in [9.17, 15) is 13.2 Å². The molecule has 0 aliphatic carbocycles. The standard InChI is InChI=1S/C12H11F3N2/c1-8-3-5-10(6-4-8)11-7-17(9(2)16-11)12(13,14)15/h3-7H,1-2H3. The summed E-state index contributed by atoms with van der Waals surface area (Å²) in [5.41, 5.74) is 2.07. The number of nitrogens with zero attached hydrogens (tertiary/aromatic N) is 2. The van der Waals surface area contributed by atoms with Gasteiger partial charge in [0.1, 0.15) is 5.82 Å². The van der Waals surface area contributed by atoms with E-state index in [1.165, 1.54) is 6.92 Å². The van der Waals surface area contributed by atoms with E-state index in [4.69, 9.17) is 0 Å². The third-order valence-electron chi connectivity index (χ3n) is 2.50. The zero-order valence-electron chi connectivity index (χ0n) is 9.42. The first-order valence-corrected chi connectivity index (χ1v) is 5.08. The lowest BCUT2D eigenvalue weighted by Crippen LogP contribution is -2.16. The molecule has 0 radical (unpaired) electrons. The number of aromatic nitrogens is 2. The van der Waals surface area contributed by atoms with E-state index in [0.29, 0.717) is 11.3 Å². The summed E-state index contributed by atoms with van der Waals surface area (Å²) in [7, 11) is 0. The van der Waals surface area contributed by atoms with Gasteiger partial charge in [-0.1, -0.05) is 29.8 Å². The van der Waals surface area contributed by atoms with Gasteiger partial charge in [-0.15, -0.1) is 13.2 Å². The SMILES string of the molecule is Cc1ccc(-c2cn(C(F)(F)F)c(C)n2)cc1. The minimum atomic E-state index is -4.42. The molecule has 0 aliphatic rings. The zero-order chi connectivity index (χ0) is 12.6. The summed E-state index contributed by atoms with van der Waals surface area (Å²) in [6, 6.07) is 7.21. The van der Waals surface area contributed by atoms with Gasteiger partial charge in [-0.05, 0) is 13.8 Å². The van der Waals surface area contributed by atoms with E-state index < -0.39 is 6.30 Å². The van der Waals surface area contributed by atoms with Gasteiger partial charge in [0.2, 0.25) is 0 Å². The lowest BCUT2D eigenvalue weighted by molar-refractivity contribution is -0.205. The van der Waals surface area contributed by atoms with Crippen LogP contribution in [-0.4, -0.2) is 9.55 Å². The molecule has 5 heteroatoms. The predicted molar refractivity (Wildman–Crippen MR) is 58.4 cm³/mol. The molecule has 1 aromatic heterocycles. The third kappa shape index (κ3) is 2.33. The Bertz CT molecular complexity index is 524. The van der Waals surface area contributed by atoms with Crippen molar-refractivity contribution in [1.29, 1.82) is 0 Å². The maximum atomic E-state index is 12.6. The zero-order valence-corrected chi connectivity index (χ0v) is 9.42. The van der Waals surface area contributed by atoms with E-state index >= 15 is 0 Å². The van der Waals surface area contributed by atoms with Crippen molar-refractivity contribution in [2.75, 3.05) is 0 Å². The second-order valence-electron chi connectivity index (χ2n) is 3.88. The topological polar surface area (TPSA) is 17.8 Å². The molecule has 0 unspecified atom stereocenters. The van der Waals surface area contributed by atoms with Crippen LogP contribution in [0.25, 0.3) is 11.3 Å². The fraction of sp³-hybridized carbons (Fsp3) is 0.250. The van der Waals surface area contributed by atoms with Crippen LogP contribution in [0.1, 0.15) is 11.4 Å². The van der Waals surface area contributed by atoms with Crippen molar-refractivity contribution in [3.63, 3.8) is 0 Å².